The third-order valence-electron chi connectivity index (χ3n) is 4.57. The molecule has 0 aliphatic rings. The number of H-pyrrole nitrogens is 1. The van der Waals surface area contributed by atoms with Gasteiger partial charge < -0.3 is 9.72 Å². The number of nitrogens with one attached hydrogen (secondary N) is 1. The highest BCUT2D eigenvalue weighted by molar-refractivity contribution is 7.99. The Balaban J connectivity index is 1.66. The highest BCUT2D eigenvalue weighted by Crippen LogP contribution is 2.34. The average Bonchev–Trinajstić information content (AvgIpc) is 3.26. The number of hydrogen-bond donors (Lipinski definition) is 1. The predicted molar refractivity (Wildman–Crippen MR) is 112 cm³/mol. The van der Waals surface area contributed by atoms with Crippen LogP contribution in [0.1, 0.15) is 28.4 Å². The van der Waals surface area contributed by atoms with Crippen molar-refractivity contribution in [1.29, 1.82) is 0 Å². The van der Waals surface area contributed by atoms with Crippen LogP contribution in [0.5, 0.6) is 5.75 Å². The maximum Gasteiger partial charge on any atom is 0.259 e. The zero-order valence-electron chi connectivity index (χ0n) is 15.9. The molecule has 3 heterocycles. The molecule has 0 aliphatic carbocycles. The molecular formula is C19H19N5O2S2. The van der Waals surface area contributed by atoms with Gasteiger partial charge >= 0.3 is 0 Å². The van der Waals surface area contributed by atoms with Gasteiger partial charge in [-0.25, -0.2) is 4.98 Å². The van der Waals surface area contributed by atoms with E-state index in [1.165, 1.54) is 11.8 Å². The molecule has 1 aromatic carbocycles. The standard InChI is InChI=1S/C19H19N5O2S2/c1-10-11(2)27-18-15(10)17(25)21-16(22-18)12(3)28-19-23-20-9-24(19)13-6-5-7-14(8-13)26-4/h5-9,12H,1-4H3,(H,21,22,25)/t12-/m1/s1. The maximum absolute atomic E-state index is 12.6. The molecule has 0 unspecified atom stereocenters. The Morgan fingerprint density at radius 1 is 1.32 bits per heavy atom. The topological polar surface area (TPSA) is 85.7 Å². The summed E-state index contributed by atoms with van der Waals surface area (Å²) in [5, 5.41) is 9.57. The maximum atomic E-state index is 12.6. The molecule has 4 rings (SSSR count). The molecule has 7 nitrogen and oxygen atoms in total. The van der Waals surface area contributed by atoms with E-state index in [1.54, 1.807) is 24.8 Å². The van der Waals surface area contributed by atoms with Crippen LogP contribution in [0.15, 0.2) is 40.5 Å². The number of aromatic amines is 1. The molecule has 0 saturated heterocycles. The van der Waals surface area contributed by atoms with Crippen LogP contribution in [0.25, 0.3) is 15.9 Å². The summed E-state index contributed by atoms with van der Waals surface area (Å²) in [5.74, 6) is 1.39. The van der Waals surface area contributed by atoms with Gasteiger partial charge in [0.05, 0.1) is 23.4 Å². The fraction of sp³-hybridized carbons (Fsp3) is 0.263. The largest absolute Gasteiger partial charge is 0.497 e. The number of hydrogen-bond acceptors (Lipinski definition) is 7. The summed E-state index contributed by atoms with van der Waals surface area (Å²) in [7, 11) is 1.63. The Hall–Kier alpha value is -2.65. The predicted octanol–water partition coefficient (Wildman–Crippen LogP) is 4.04. The highest BCUT2D eigenvalue weighted by atomic mass is 32.2. The minimum Gasteiger partial charge on any atom is -0.497 e. The lowest BCUT2D eigenvalue weighted by molar-refractivity contribution is 0.414. The lowest BCUT2D eigenvalue weighted by Crippen LogP contribution is -2.12. The number of thioether (sulfide) groups is 1. The lowest BCUT2D eigenvalue weighted by atomic mass is 10.2. The van der Waals surface area contributed by atoms with Crippen LogP contribution in [0.4, 0.5) is 0 Å². The van der Waals surface area contributed by atoms with Crippen molar-refractivity contribution in [3.63, 3.8) is 0 Å². The number of nitrogens with zero attached hydrogens (tertiary/aromatic N) is 4. The normalized spacial score (nSPS) is 12.4. The summed E-state index contributed by atoms with van der Waals surface area (Å²) in [4.78, 5) is 22.1. The molecule has 0 spiro atoms. The molecular weight excluding hydrogens is 394 g/mol. The van der Waals surface area contributed by atoms with Gasteiger partial charge in [0, 0.05) is 10.9 Å². The zero-order chi connectivity index (χ0) is 19.8. The summed E-state index contributed by atoms with van der Waals surface area (Å²) in [6, 6.07) is 7.68. The summed E-state index contributed by atoms with van der Waals surface area (Å²) in [6.07, 6.45) is 1.66. The molecule has 0 saturated carbocycles. The van der Waals surface area contributed by atoms with E-state index in [2.05, 4.69) is 15.2 Å². The number of rotatable bonds is 5. The minimum absolute atomic E-state index is 0.0939. The number of fused-ring (bicyclic) bond motifs is 1. The molecule has 144 valence electrons. The van der Waals surface area contributed by atoms with Gasteiger partial charge in [-0.2, -0.15) is 0 Å². The second kappa shape index (κ2) is 7.40. The summed E-state index contributed by atoms with van der Waals surface area (Å²) in [5.41, 5.74) is 1.81. The minimum atomic E-state index is -0.103. The first-order chi connectivity index (χ1) is 13.5. The average molecular weight is 414 g/mol. The fourth-order valence-electron chi connectivity index (χ4n) is 2.92. The number of aryl methyl sites for hydroxylation is 2. The van der Waals surface area contributed by atoms with E-state index in [-0.39, 0.29) is 10.8 Å². The van der Waals surface area contributed by atoms with E-state index in [4.69, 9.17) is 9.72 Å². The Morgan fingerprint density at radius 3 is 2.93 bits per heavy atom. The second-order valence-electron chi connectivity index (χ2n) is 6.36. The van der Waals surface area contributed by atoms with Gasteiger partial charge in [0.1, 0.15) is 22.7 Å². The van der Waals surface area contributed by atoms with E-state index in [1.807, 2.05) is 49.6 Å². The van der Waals surface area contributed by atoms with E-state index in [9.17, 15) is 4.79 Å². The summed E-state index contributed by atoms with van der Waals surface area (Å²) >= 11 is 3.04. The number of benzene rings is 1. The van der Waals surface area contributed by atoms with Crippen molar-refractivity contribution < 1.29 is 4.74 Å². The first kappa shape index (κ1) is 18.7. The van der Waals surface area contributed by atoms with Gasteiger partial charge in [0.25, 0.3) is 5.56 Å². The molecule has 0 radical (unpaired) electrons. The molecule has 28 heavy (non-hydrogen) atoms. The molecule has 0 bridgehead atoms. The van der Waals surface area contributed by atoms with Gasteiger partial charge in [-0.3, -0.25) is 9.36 Å². The Labute approximate surface area is 169 Å². The van der Waals surface area contributed by atoms with Crippen LogP contribution in [-0.2, 0) is 0 Å². The number of ether oxygens (including phenoxy) is 1. The molecule has 1 N–H and O–H groups in total. The van der Waals surface area contributed by atoms with Gasteiger partial charge in [-0.15, -0.1) is 21.5 Å². The van der Waals surface area contributed by atoms with Crippen molar-refractivity contribution in [3.8, 4) is 11.4 Å². The molecule has 0 fully saturated rings. The molecule has 0 aliphatic heterocycles. The number of aromatic nitrogens is 5. The molecule has 1 atom stereocenters. The fourth-order valence-corrected chi connectivity index (χ4v) is 4.86. The van der Waals surface area contributed by atoms with Crippen molar-refractivity contribution in [2.75, 3.05) is 7.11 Å². The highest BCUT2D eigenvalue weighted by Gasteiger charge is 2.19. The summed E-state index contributed by atoms with van der Waals surface area (Å²) < 4.78 is 7.19. The third-order valence-corrected chi connectivity index (χ3v) is 6.74. The Morgan fingerprint density at radius 2 is 2.14 bits per heavy atom. The lowest BCUT2D eigenvalue weighted by Gasteiger charge is -2.12. The van der Waals surface area contributed by atoms with Crippen molar-refractivity contribution in [2.24, 2.45) is 0 Å². The van der Waals surface area contributed by atoms with Crippen LogP contribution in [-0.4, -0.2) is 31.8 Å². The molecule has 4 aromatic rings. The molecule has 9 heteroatoms. The number of thiophene rings is 1. The Kier molecular flexibility index (Phi) is 4.94. The van der Waals surface area contributed by atoms with Gasteiger partial charge in [-0.1, -0.05) is 17.8 Å². The summed E-state index contributed by atoms with van der Waals surface area (Å²) in [6.45, 7) is 5.96. The quantitative estimate of drug-likeness (QED) is 0.497. The second-order valence-corrected chi connectivity index (χ2v) is 8.87. The SMILES string of the molecule is COc1cccc(-n2cnnc2S[C@H](C)c2nc3sc(C)c(C)c3c(=O)[nH]2)c1. The molecule has 0 amide bonds. The Bertz CT molecular complexity index is 1210. The van der Waals surface area contributed by atoms with E-state index < -0.39 is 0 Å². The van der Waals surface area contributed by atoms with Crippen LogP contribution < -0.4 is 10.3 Å². The smallest absolute Gasteiger partial charge is 0.259 e. The van der Waals surface area contributed by atoms with Crippen LogP contribution in [0.3, 0.4) is 0 Å². The van der Waals surface area contributed by atoms with E-state index in [0.29, 0.717) is 16.4 Å². The first-order valence-corrected chi connectivity index (χ1v) is 10.4. The van der Waals surface area contributed by atoms with Gasteiger partial charge in [0.15, 0.2) is 5.16 Å². The zero-order valence-corrected chi connectivity index (χ0v) is 17.5. The van der Waals surface area contributed by atoms with Crippen LogP contribution >= 0.6 is 23.1 Å². The first-order valence-electron chi connectivity index (χ1n) is 8.69. The van der Waals surface area contributed by atoms with Crippen molar-refractivity contribution in [2.45, 2.75) is 31.2 Å². The van der Waals surface area contributed by atoms with E-state index >= 15 is 0 Å². The van der Waals surface area contributed by atoms with E-state index in [0.717, 1.165) is 26.7 Å². The van der Waals surface area contributed by atoms with Crippen LogP contribution in [0.2, 0.25) is 0 Å². The third kappa shape index (κ3) is 3.31. The van der Waals surface area contributed by atoms with Crippen molar-refractivity contribution >= 4 is 33.3 Å². The monoisotopic (exact) mass is 413 g/mol. The molecule has 3 aromatic heterocycles. The van der Waals surface area contributed by atoms with Crippen LogP contribution in [0, 0.1) is 13.8 Å². The van der Waals surface area contributed by atoms with Gasteiger partial charge in [0.2, 0.25) is 0 Å². The van der Waals surface area contributed by atoms with Crippen molar-refractivity contribution in [1.82, 2.24) is 24.7 Å². The van der Waals surface area contributed by atoms with Gasteiger partial charge in [-0.05, 0) is 38.5 Å². The van der Waals surface area contributed by atoms with Crippen molar-refractivity contribution in [3.05, 3.63) is 57.2 Å². The number of methoxy groups -OCH3 is 1.